The van der Waals surface area contributed by atoms with E-state index in [0.717, 1.165) is 12.0 Å². The molecule has 0 amide bonds. The standard InChI is InChI=1S/C12H24N2.C2H6O.C2H6/c1-2-14(12-4-3-5-12)10-11-6-8-13-9-7-11;1-2-3;1-2/h11-13H,2-10H2,1H3;3H,2H2,1H3;1-2H3. The van der Waals surface area contributed by atoms with Crippen molar-refractivity contribution in [3.8, 4) is 0 Å². The molecule has 3 heteroatoms. The predicted molar refractivity (Wildman–Crippen MR) is 84.6 cm³/mol. The third-order valence-electron chi connectivity index (χ3n) is 3.95. The van der Waals surface area contributed by atoms with Gasteiger partial charge in [0.1, 0.15) is 0 Å². The molecule has 2 rings (SSSR count). The summed E-state index contributed by atoms with van der Waals surface area (Å²) in [6.07, 6.45) is 7.16. The molecule has 0 aromatic rings. The van der Waals surface area contributed by atoms with Gasteiger partial charge in [-0.25, -0.2) is 0 Å². The second-order valence-electron chi connectivity index (χ2n) is 5.18. The first-order chi connectivity index (χ1) is 9.31. The molecule has 0 radical (unpaired) electrons. The second kappa shape index (κ2) is 12.9. The van der Waals surface area contributed by atoms with Crippen LogP contribution in [0.3, 0.4) is 0 Å². The topological polar surface area (TPSA) is 35.5 Å². The van der Waals surface area contributed by atoms with Crippen molar-refractivity contribution >= 4 is 0 Å². The van der Waals surface area contributed by atoms with Crippen LogP contribution in [-0.4, -0.2) is 48.8 Å². The Hall–Kier alpha value is -0.120. The third-order valence-corrected chi connectivity index (χ3v) is 3.95. The Morgan fingerprint density at radius 1 is 1.05 bits per heavy atom. The molecule has 2 N–H and O–H groups in total. The summed E-state index contributed by atoms with van der Waals surface area (Å²) in [6.45, 7) is 13.4. The van der Waals surface area contributed by atoms with Crippen LogP contribution in [0.4, 0.5) is 0 Å². The quantitative estimate of drug-likeness (QED) is 0.826. The van der Waals surface area contributed by atoms with Crippen LogP contribution in [0.25, 0.3) is 0 Å². The van der Waals surface area contributed by atoms with Gasteiger partial charge >= 0.3 is 0 Å². The fourth-order valence-electron chi connectivity index (χ4n) is 2.68. The van der Waals surface area contributed by atoms with Crippen LogP contribution in [-0.2, 0) is 0 Å². The Morgan fingerprint density at radius 2 is 1.58 bits per heavy atom. The van der Waals surface area contributed by atoms with Crippen LogP contribution in [0.1, 0.15) is 59.8 Å². The van der Waals surface area contributed by atoms with E-state index in [4.69, 9.17) is 5.11 Å². The fourth-order valence-corrected chi connectivity index (χ4v) is 2.68. The highest BCUT2D eigenvalue weighted by atomic mass is 16.2. The van der Waals surface area contributed by atoms with Crippen LogP contribution in [0.2, 0.25) is 0 Å². The SMILES string of the molecule is CC.CCN(CC1CCNCC1)C1CCC1.CCO. The lowest BCUT2D eigenvalue weighted by Gasteiger charge is -2.39. The maximum absolute atomic E-state index is 7.57. The van der Waals surface area contributed by atoms with E-state index in [0.29, 0.717) is 0 Å². The molecular formula is C16H36N2O. The molecule has 0 atom stereocenters. The fraction of sp³-hybridized carbons (Fsp3) is 1.00. The number of hydrogen-bond acceptors (Lipinski definition) is 3. The van der Waals surface area contributed by atoms with Gasteiger partial charge in [0.15, 0.2) is 0 Å². The number of piperidine rings is 1. The number of nitrogens with zero attached hydrogens (tertiary/aromatic N) is 1. The summed E-state index contributed by atoms with van der Waals surface area (Å²) in [7, 11) is 0. The average Bonchev–Trinajstić information content (AvgIpc) is 2.40. The molecule has 1 aliphatic heterocycles. The van der Waals surface area contributed by atoms with Gasteiger partial charge in [-0.1, -0.05) is 27.2 Å². The van der Waals surface area contributed by atoms with Gasteiger partial charge in [0.05, 0.1) is 0 Å². The molecule has 0 spiro atoms. The molecule has 0 bridgehead atoms. The number of rotatable bonds is 4. The second-order valence-corrected chi connectivity index (χ2v) is 5.18. The Labute approximate surface area is 120 Å². The lowest BCUT2D eigenvalue weighted by Crippen LogP contribution is -2.44. The Balaban J connectivity index is 0.000000573. The van der Waals surface area contributed by atoms with Gasteiger partial charge in [-0.2, -0.15) is 0 Å². The van der Waals surface area contributed by atoms with Crippen LogP contribution < -0.4 is 5.32 Å². The molecule has 19 heavy (non-hydrogen) atoms. The van der Waals surface area contributed by atoms with E-state index < -0.39 is 0 Å². The predicted octanol–water partition coefficient (Wildman–Crippen LogP) is 2.89. The van der Waals surface area contributed by atoms with E-state index in [-0.39, 0.29) is 6.61 Å². The molecular weight excluding hydrogens is 236 g/mol. The van der Waals surface area contributed by atoms with Crippen molar-refractivity contribution < 1.29 is 5.11 Å². The van der Waals surface area contributed by atoms with Crippen molar-refractivity contribution in [3.05, 3.63) is 0 Å². The Morgan fingerprint density at radius 3 is 1.95 bits per heavy atom. The van der Waals surface area contributed by atoms with E-state index in [1.807, 2.05) is 13.8 Å². The summed E-state index contributed by atoms with van der Waals surface area (Å²) in [6, 6.07) is 0.940. The van der Waals surface area contributed by atoms with E-state index in [1.54, 1.807) is 6.92 Å². The Kier molecular flexibility index (Phi) is 12.8. The molecule has 0 aromatic carbocycles. The molecule has 1 aliphatic carbocycles. The number of aliphatic hydroxyl groups is 1. The van der Waals surface area contributed by atoms with E-state index in [2.05, 4.69) is 17.1 Å². The van der Waals surface area contributed by atoms with Gasteiger partial charge in [0.2, 0.25) is 0 Å². The lowest BCUT2D eigenvalue weighted by molar-refractivity contribution is 0.105. The highest BCUT2D eigenvalue weighted by Gasteiger charge is 2.26. The molecule has 2 aliphatic rings. The van der Waals surface area contributed by atoms with Crippen LogP contribution in [0.15, 0.2) is 0 Å². The number of nitrogens with one attached hydrogen (secondary N) is 1. The van der Waals surface area contributed by atoms with Gasteiger partial charge in [-0.05, 0) is 58.2 Å². The van der Waals surface area contributed by atoms with Gasteiger partial charge < -0.3 is 15.3 Å². The van der Waals surface area contributed by atoms with E-state index in [9.17, 15) is 0 Å². The highest BCUT2D eigenvalue weighted by molar-refractivity contribution is 4.82. The normalized spacial score (nSPS) is 19.9. The van der Waals surface area contributed by atoms with Crippen molar-refractivity contribution in [2.24, 2.45) is 5.92 Å². The number of aliphatic hydroxyl groups excluding tert-OH is 1. The summed E-state index contributed by atoms with van der Waals surface area (Å²) in [5.74, 6) is 0.969. The molecule has 116 valence electrons. The monoisotopic (exact) mass is 272 g/mol. The summed E-state index contributed by atoms with van der Waals surface area (Å²) in [5, 5.41) is 11.0. The summed E-state index contributed by atoms with van der Waals surface area (Å²) in [5.41, 5.74) is 0. The molecule has 3 nitrogen and oxygen atoms in total. The van der Waals surface area contributed by atoms with Crippen LogP contribution in [0.5, 0.6) is 0 Å². The third kappa shape index (κ3) is 7.91. The summed E-state index contributed by atoms with van der Waals surface area (Å²) >= 11 is 0. The average molecular weight is 272 g/mol. The Bertz CT molecular complexity index is 178. The minimum atomic E-state index is 0.250. The molecule has 0 aromatic heterocycles. The molecule has 1 heterocycles. The van der Waals surface area contributed by atoms with Crippen molar-refractivity contribution in [1.82, 2.24) is 10.2 Å². The molecule has 0 unspecified atom stereocenters. The van der Waals surface area contributed by atoms with E-state index in [1.165, 1.54) is 58.3 Å². The minimum Gasteiger partial charge on any atom is -0.397 e. The summed E-state index contributed by atoms with van der Waals surface area (Å²) in [4.78, 5) is 2.72. The molecule has 1 saturated heterocycles. The van der Waals surface area contributed by atoms with Crippen molar-refractivity contribution in [2.75, 3.05) is 32.8 Å². The zero-order valence-corrected chi connectivity index (χ0v) is 13.6. The molecule has 1 saturated carbocycles. The first kappa shape index (κ1) is 18.9. The van der Waals surface area contributed by atoms with Gasteiger partial charge in [0, 0.05) is 19.2 Å². The summed E-state index contributed by atoms with van der Waals surface area (Å²) < 4.78 is 0. The first-order valence-corrected chi connectivity index (χ1v) is 8.37. The maximum Gasteiger partial charge on any atom is 0.0402 e. The van der Waals surface area contributed by atoms with Crippen LogP contribution in [0, 0.1) is 5.92 Å². The van der Waals surface area contributed by atoms with Crippen molar-refractivity contribution in [2.45, 2.75) is 65.8 Å². The smallest absolute Gasteiger partial charge is 0.0402 e. The van der Waals surface area contributed by atoms with Gasteiger partial charge in [-0.15, -0.1) is 0 Å². The lowest BCUT2D eigenvalue weighted by atomic mass is 9.89. The van der Waals surface area contributed by atoms with E-state index >= 15 is 0 Å². The van der Waals surface area contributed by atoms with Gasteiger partial charge in [0.25, 0.3) is 0 Å². The van der Waals surface area contributed by atoms with Crippen molar-refractivity contribution in [3.63, 3.8) is 0 Å². The maximum atomic E-state index is 7.57. The molecule has 2 fully saturated rings. The zero-order chi connectivity index (χ0) is 14.5. The number of hydrogen-bond donors (Lipinski definition) is 2. The first-order valence-electron chi connectivity index (χ1n) is 8.37. The van der Waals surface area contributed by atoms with Crippen LogP contribution >= 0.6 is 0 Å². The largest absolute Gasteiger partial charge is 0.397 e. The zero-order valence-electron chi connectivity index (χ0n) is 13.6. The van der Waals surface area contributed by atoms with Gasteiger partial charge in [-0.3, -0.25) is 0 Å². The highest BCUT2D eigenvalue weighted by Crippen LogP contribution is 2.26. The van der Waals surface area contributed by atoms with Crippen molar-refractivity contribution in [1.29, 1.82) is 0 Å². The minimum absolute atomic E-state index is 0.250.